The third kappa shape index (κ3) is 3.07. The first-order chi connectivity index (χ1) is 9.13. The molecule has 19 heavy (non-hydrogen) atoms. The van der Waals surface area contributed by atoms with Gasteiger partial charge in [-0.3, -0.25) is 9.78 Å². The van der Waals surface area contributed by atoms with E-state index in [1.807, 2.05) is 6.07 Å². The van der Waals surface area contributed by atoms with E-state index in [9.17, 15) is 4.79 Å². The van der Waals surface area contributed by atoms with Gasteiger partial charge in [-0.15, -0.1) is 0 Å². The van der Waals surface area contributed by atoms with Crippen LogP contribution in [0.1, 0.15) is 32.7 Å². The molecule has 0 radical (unpaired) electrons. The zero-order chi connectivity index (χ0) is 13.8. The maximum atomic E-state index is 10.7. The highest BCUT2D eigenvalue weighted by Gasteiger charge is 2.16. The summed E-state index contributed by atoms with van der Waals surface area (Å²) in [6.07, 6.45) is 5.57. The summed E-state index contributed by atoms with van der Waals surface area (Å²) in [5.41, 5.74) is 1.84. The topological polar surface area (TPSA) is 68.0 Å². The molecule has 0 aliphatic carbocycles. The number of carboxylic acids is 1. The Kier molecular flexibility index (Phi) is 4.42. The molecule has 0 spiro atoms. The van der Waals surface area contributed by atoms with E-state index in [-0.39, 0.29) is 5.75 Å². The minimum Gasteiger partial charge on any atom is -0.481 e. The molecule has 0 bridgehead atoms. The second kappa shape index (κ2) is 6.06. The minimum atomic E-state index is -0.829. The molecule has 1 unspecified atom stereocenters. The zero-order valence-electron chi connectivity index (χ0n) is 11.0. The number of thioether (sulfide) groups is 1. The van der Waals surface area contributed by atoms with Crippen LogP contribution in [-0.2, 0) is 4.79 Å². The van der Waals surface area contributed by atoms with Gasteiger partial charge in [0.15, 0.2) is 5.16 Å². The van der Waals surface area contributed by atoms with E-state index >= 15 is 0 Å². The second-order valence-electron chi connectivity index (χ2n) is 4.45. The van der Waals surface area contributed by atoms with E-state index in [0.717, 1.165) is 29.0 Å². The number of pyridine rings is 1. The van der Waals surface area contributed by atoms with Crippen LogP contribution in [-0.4, -0.2) is 31.4 Å². The Hall–Kier alpha value is -1.56. The molecule has 0 amide bonds. The first-order valence-corrected chi connectivity index (χ1v) is 7.28. The Morgan fingerprint density at radius 1 is 1.58 bits per heavy atom. The Morgan fingerprint density at radius 3 is 3.05 bits per heavy atom. The van der Waals surface area contributed by atoms with Gasteiger partial charge in [-0.1, -0.05) is 25.1 Å². The predicted octanol–water partition coefficient (Wildman–Crippen LogP) is 2.97. The summed E-state index contributed by atoms with van der Waals surface area (Å²) in [7, 11) is 0. The van der Waals surface area contributed by atoms with Gasteiger partial charge in [0, 0.05) is 12.2 Å². The fourth-order valence-electron chi connectivity index (χ4n) is 2.13. The lowest BCUT2D eigenvalue weighted by Crippen LogP contribution is -2.08. The average Bonchev–Trinajstić information content (AvgIpc) is 2.74. The third-order valence-electron chi connectivity index (χ3n) is 2.93. The number of imidazole rings is 1. The van der Waals surface area contributed by atoms with Crippen LogP contribution in [0.5, 0.6) is 0 Å². The number of carbonyl (C=O) groups is 1. The molecule has 5 nitrogen and oxygen atoms in total. The number of rotatable bonds is 6. The Balaban J connectivity index is 2.42. The molecule has 0 saturated carbocycles. The molecular weight excluding hydrogens is 262 g/mol. The van der Waals surface area contributed by atoms with Crippen molar-refractivity contribution in [2.45, 2.75) is 37.9 Å². The van der Waals surface area contributed by atoms with Crippen molar-refractivity contribution in [2.24, 2.45) is 0 Å². The van der Waals surface area contributed by atoms with Gasteiger partial charge in [-0.2, -0.15) is 0 Å². The lowest BCUT2D eigenvalue weighted by atomic mass is 10.2. The van der Waals surface area contributed by atoms with E-state index in [1.165, 1.54) is 11.8 Å². The zero-order valence-corrected chi connectivity index (χ0v) is 11.9. The average molecular weight is 279 g/mol. The van der Waals surface area contributed by atoms with Gasteiger partial charge in [0.05, 0.1) is 17.5 Å². The van der Waals surface area contributed by atoms with Crippen LogP contribution >= 0.6 is 11.8 Å². The Morgan fingerprint density at radius 2 is 2.37 bits per heavy atom. The summed E-state index contributed by atoms with van der Waals surface area (Å²) in [6, 6.07) is 2.23. The van der Waals surface area contributed by atoms with Crippen molar-refractivity contribution in [3.05, 3.63) is 18.5 Å². The standard InChI is InChI=1S/C13H17N3O2S/c1-3-4-9(2)16-11-5-6-14-7-10(11)15-13(16)19-8-12(17)18/h5-7,9H,3-4,8H2,1-2H3,(H,17,18). The van der Waals surface area contributed by atoms with Gasteiger partial charge in [0.25, 0.3) is 0 Å². The molecule has 2 heterocycles. The Labute approximate surface area is 116 Å². The number of fused-ring (bicyclic) bond motifs is 1. The summed E-state index contributed by atoms with van der Waals surface area (Å²) in [5.74, 6) is -0.805. The lowest BCUT2D eigenvalue weighted by Gasteiger charge is -2.16. The SMILES string of the molecule is CCCC(C)n1c(SCC(=O)O)nc2cnccc21. The van der Waals surface area contributed by atoms with Crippen LogP contribution in [0.3, 0.4) is 0 Å². The van der Waals surface area contributed by atoms with E-state index in [2.05, 4.69) is 28.4 Å². The van der Waals surface area contributed by atoms with E-state index in [4.69, 9.17) is 5.11 Å². The second-order valence-corrected chi connectivity index (χ2v) is 5.39. The van der Waals surface area contributed by atoms with Crippen molar-refractivity contribution in [2.75, 3.05) is 5.75 Å². The largest absolute Gasteiger partial charge is 0.481 e. The number of nitrogens with zero attached hydrogens (tertiary/aromatic N) is 3. The highest BCUT2D eigenvalue weighted by Crippen LogP contribution is 2.29. The molecule has 102 valence electrons. The minimum absolute atomic E-state index is 0.0234. The smallest absolute Gasteiger partial charge is 0.313 e. The maximum absolute atomic E-state index is 10.7. The number of aromatic nitrogens is 3. The van der Waals surface area contributed by atoms with Crippen molar-refractivity contribution in [1.82, 2.24) is 14.5 Å². The van der Waals surface area contributed by atoms with Gasteiger partial charge in [-0.25, -0.2) is 4.98 Å². The molecule has 2 aromatic heterocycles. The number of aliphatic carboxylic acids is 1. The van der Waals surface area contributed by atoms with Crippen molar-refractivity contribution in [3.63, 3.8) is 0 Å². The molecule has 1 N–H and O–H groups in total. The normalized spacial score (nSPS) is 12.7. The van der Waals surface area contributed by atoms with Crippen molar-refractivity contribution in [3.8, 4) is 0 Å². The molecule has 6 heteroatoms. The van der Waals surface area contributed by atoms with Crippen LogP contribution in [0.25, 0.3) is 11.0 Å². The molecule has 0 fully saturated rings. The molecule has 2 aromatic rings. The van der Waals surface area contributed by atoms with Crippen molar-refractivity contribution in [1.29, 1.82) is 0 Å². The molecule has 0 aliphatic heterocycles. The maximum Gasteiger partial charge on any atom is 0.313 e. The van der Waals surface area contributed by atoms with E-state index in [1.54, 1.807) is 12.4 Å². The number of hydrogen-bond acceptors (Lipinski definition) is 4. The molecule has 1 atom stereocenters. The third-order valence-corrected chi connectivity index (χ3v) is 3.87. The summed E-state index contributed by atoms with van der Waals surface area (Å²) in [4.78, 5) is 19.3. The predicted molar refractivity (Wildman–Crippen MR) is 75.5 cm³/mol. The summed E-state index contributed by atoms with van der Waals surface area (Å²) in [6.45, 7) is 4.27. The molecule has 0 aromatic carbocycles. The van der Waals surface area contributed by atoms with Gasteiger partial charge >= 0.3 is 5.97 Å². The summed E-state index contributed by atoms with van der Waals surface area (Å²) in [5, 5.41) is 9.57. The molecule has 0 aliphatic rings. The monoisotopic (exact) mass is 279 g/mol. The van der Waals surface area contributed by atoms with Gasteiger partial charge in [0.2, 0.25) is 0 Å². The van der Waals surface area contributed by atoms with Gasteiger partial charge in [-0.05, 0) is 19.4 Å². The number of hydrogen-bond donors (Lipinski definition) is 1. The molecule has 2 rings (SSSR count). The summed E-state index contributed by atoms with van der Waals surface area (Å²) < 4.78 is 2.12. The first-order valence-electron chi connectivity index (χ1n) is 6.30. The Bertz CT molecular complexity index is 582. The van der Waals surface area contributed by atoms with Crippen LogP contribution in [0.2, 0.25) is 0 Å². The molecular formula is C13H17N3O2S. The highest BCUT2D eigenvalue weighted by atomic mass is 32.2. The van der Waals surface area contributed by atoms with Crippen molar-refractivity contribution >= 4 is 28.8 Å². The van der Waals surface area contributed by atoms with Gasteiger partial charge in [0.1, 0.15) is 5.52 Å². The van der Waals surface area contributed by atoms with Gasteiger partial charge < -0.3 is 9.67 Å². The number of carboxylic acid groups (broad SMARTS) is 1. The van der Waals surface area contributed by atoms with E-state index < -0.39 is 5.97 Å². The van der Waals surface area contributed by atoms with Crippen LogP contribution in [0.4, 0.5) is 0 Å². The van der Waals surface area contributed by atoms with E-state index in [0.29, 0.717) is 6.04 Å². The quantitative estimate of drug-likeness (QED) is 0.823. The first kappa shape index (κ1) is 13.9. The summed E-state index contributed by atoms with van der Waals surface area (Å²) >= 11 is 1.26. The lowest BCUT2D eigenvalue weighted by molar-refractivity contribution is -0.133. The fraction of sp³-hybridized carbons (Fsp3) is 0.462. The van der Waals surface area contributed by atoms with Crippen LogP contribution in [0.15, 0.2) is 23.6 Å². The van der Waals surface area contributed by atoms with Crippen LogP contribution in [0, 0.1) is 0 Å². The molecule has 0 saturated heterocycles. The highest BCUT2D eigenvalue weighted by molar-refractivity contribution is 7.99. The van der Waals surface area contributed by atoms with Crippen LogP contribution < -0.4 is 0 Å². The van der Waals surface area contributed by atoms with Crippen molar-refractivity contribution < 1.29 is 9.90 Å². The fourth-order valence-corrected chi connectivity index (χ4v) is 2.96.